The number of rotatable bonds is 3. The van der Waals surface area contributed by atoms with E-state index in [1.165, 1.54) is 23.3 Å². The van der Waals surface area contributed by atoms with Crippen LogP contribution in [0.3, 0.4) is 0 Å². The Morgan fingerprint density at radius 3 is 2.18 bits per heavy atom. The monoisotopic (exact) mass is 388 g/mol. The molecule has 0 aromatic heterocycles. The van der Waals surface area contributed by atoms with E-state index < -0.39 is 6.36 Å². The lowest BCUT2D eigenvalue weighted by molar-refractivity contribution is -0.274. The minimum Gasteiger partial charge on any atom is -0.493 e. The van der Waals surface area contributed by atoms with Crippen LogP contribution in [0.25, 0.3) is 0 Å². The normalized spacial score (nSPS) is 22.2. The summed E-state index contributed by atoms with van der Waals surface area (Å²) in [6, 6.07) is 9.78. The summed E-state index contributed by atoms with van der Waals surface area (Å²) >= 11 is 0. The average molecular weight is 388 g/mol. The lowest BCUT2D eigenvalue weighted by atomic mass is 9.83. The zero-order chi connectivity index (χ0) is 19.9. The number of fused-ring (bicyclic) bond motifs is 5. The predicted molar refractivity (Wildman–Crippen MR) is 97.8 cm³/mol. The third-order valence-electron chi connectivity index (χ3n) is 5.48. The quantitative estimate of drug-likeness (QED) is 0.673. The maximum absolute atomic E-state index is 12.2. The van der Waals surface area contributed by atoms with Gasteiger partial charge in [0.15, 0.2) is 11.5 Å². The largest absolute Gasteiger partial charge is 0.573 e. The van der Waals surface area contributed by atoms with Crippen LogP contribution < -0.4 is 14.2 Å². The first kappa shape index (κ1) is 18.5. The molecule has 28 heavy (non-hydrogen) atoms. The van der Waals surface area contributed by atoms with Gasteiger partial charge in [-0.1, -0.05) is 11.8 Å². The zero-order valence-corrected chi connectivity index (χ0v) is 15.5. The van der Waals surface area contributed by atoms with Gasteiger partial charge >= 0.3 is 6.36 Å². The molecule has 0 unspecified atom stereocenters. The number of hydrogen-bond acceptors (Lipinski definition) is 3. The summed E-state index contributed by atoms with van der Waals surface area (Å²) in [5.41, 5.74) is 3.25. The summed E-state index contributed by atoms with van der Waals surface area (Å²) in [7, 11) is 3.26. The molecule has 0 amide bonds. The van der Waals surface area contributed by atoms with Gasteiger partial charge in [-0.3, -0.25) is 0 Å². The van der Waals surface area contributed by atoms with Crippen LogP contribution in [0.2, 0.25) is 0 Å². The number of alkyl halides is 3. The summed E-state index contributed by atoms with van der Waals surface area (Å²) in [6.45, 7) is 0. The first-order chi connectivity index (χ1) is 13.4. The van der Waals surface area contributed by atoms with E-state index in [0.717, 1.165) is 24.3 Å². The van der Waals surface area contributed by atoms with Gasteiger partial charge in [-0.05, 0) is 72.2 Å². The average Bonchev–Trinajstić information content (AvgIpc) is 3.23. The molecule has 2 aromatic carbocycles. The van der Waals surface area contributed by atoms with Gasteiger partial charge in [0, 0.05) is 11.5 Å². The molecule has 0 heterocycles. The van der Waals surface area contributed by atoms with Crippen LogP contribution in [-0.2, 0) is 0 Å². The molecule has 3 atom stereocenters. The van der Waals surface area contributed by atoms with Crippen molar-refractivity contribution in [2.75, 3.05) is 14.2 Å². The van der Waals surface area contributed by atoms with Gasteiger partial charge in [-0.25, -0.2) is 0 Å². The van der Waals surface area contributed by atoms with Crippen LogP contribution in [0.15, 0.2) is 36.4 Å². The first-order valence-corrected chi connectivity index (χ1v) is 9.01. The second-order valence-electron chi connectivity index (χ2n) is 7.06. The van der Waals surface area contributed by atoms with Crippen LogP contribution >= 0.6 is 0 Å². The Balaban J connectivity index is 1.52. The highest BCUT2D eigenvalue weighted by atomic mass is 19.4. The predicted octanol–water partition coefficient (Wildman–Crippen LogP) is 5.24. The molecule has 0 aliphatic heterocycles. The number of ether oxygens (including phenoxy) is 3. The van der Waals surface area contributed by atoms with Gasteiger partial charge in [-0.15, -0.1) is 13.2 Å². The van der Waals surface area contributed by atoms with Crippen molar-refractivity contribution in [2.24, 2.45) is 5.92 Å². The molecule has 3 nitrogen and oxygen atoms in total. The number of hydrogen-bond donors (Lipinski definition) is 0. The van der Waals surface area contributed by atoms with Gasteiger partial charge in [0.2, 0.25) is 0 Å². The number of benzene rings is 2. The molecule has 4 rings (SSSR count). The zero-order valence-electron chi connectivity index (χ0n) is 15.5. The van der Waals surface area contributed by atoms with Crippen LogP contribution in [0.4, 0.5) is 13.2 Å². The van der Waals surface area contributed by atoms with Crippen molar-refractivity contribution in [3.8, 4) is 29.1 Å². The Bertz CT molecular complexity index is 938. The SMILES string of the molecule is COc1cc2c(cc1OC)[C@H]1C[C@@H]2C[C@@H]1C#Cc1ccc(OC(F)(F)F)cc1. The first-order valence-electron chi connectivity index (χ1n) is 9.01. The van der Waals surface area contributed by atoms with E-state index in [9.17, 15) is 13.2 Å². The van der Waals surface area contributed by atoms with Gasteiger partial charge in [0.05, 0.1) is 14.2 Å². The molecule has 2 aliphatic rings. The van der Waals surface area contributed by atoms with E-state index >= 15 is 0 Å². The van der Waals surface area contributed by atoms with Crippen LogP contribution in [0.5, 0.6) is 17.2 Å². The molecule has 146 valence electrons. The summed E-state index contributed by atoms with van der Waals surface area (Å²) in [5.74, 6) is 8.68. The molecule has 0 saturated heterocycles. The Hall–Kier alpha value is -2.81. The Morgan fingerprint density at radius 1 is 0.929 bits per heavy atom. The summed E-state index contributed by atoms with van der Waals surface area (Å²) < 4.78 is 51.4. The smallest absolute Gasteiger partial charge is 0.493 e. The summed E-state index contributed by atoms with van der Waals surface area (Å²) in [6.07, 6.45) is -2.65. The molecule has 2 bridgehead atoms. The Kier molecular flexibility index (Phi) is 4.62. The fourth-order valence-corrected chi connectivity index (χ4v) is 4.30. The maximum atomic E-state index is 12.2. The maximum Gasteiger partial charge on any atom is 0.573 e. The van der Waals surface area contributed by atoms with Crippen LogP contribution in [0, 0.1) is 17.8 Å². The summed E-state index contributed by atoms with van der Waals surface area (Å²) in [4.78, 5) is 0. The van der Waals surface area contributed by atoms with Crippen molar-refractivity contribution in [1.29, 1.82) is 0 Å². The highest BCUT2D eigenvalue weighted by molar-refractivity contribution is 5.54. The number of halogens is 3. The van der Waals surface area contributed by atoms with E-state index in [-0.39, 0.29) is 11.7 Å². The minimum absolute atomic E-state index is 0.224. The molecular weight excluding hydrogens is 369 g/mol. The van der Waals surface area contributed by atoms with Gasteiger partial charge in [0.25, 0.3) is 0 Å². The Morgan fingerprint density at radius 2 is 1.57 bits per heavy atom. The standard InChI is InChI=1S/C22H19F3O3/c1-26-20-11-18-15-9-14(17(10-15)19(18)12-21(20)27-2)6-3-13-4-7-16(8-5-13)28-22(23,24)25/h4-5,7-8,11-12,14-15,17H,9-10H2,1-2H3/t14-,15-,17-/m0/s1. The van der Waals surface area contributed by atoms with Crippen LogP contribution in [0.1, 0.15) is 41.4 Å². The molecule has 0 N–H and O–H groups in total. The number of methoxy groups -OCH3 is 2. The van der Waals surface area contributed by atoms with Crippen molar-refractivity contribution in [2.45, 2.75) is 31.0 Å². The van der Waals surface area contributed by atoms with E-state index in [1.807, 2.05) is 0 Å². The second kappa shape index (κ2) is 6.97. The molecule has 0 radical (unpaired) electrons. The molecular formula is C22H19F3O3. The highest BCUT2D eigenvalue weighted by Gasteiger charge is 2.44. The van der Waals surface area contributed by atoms with E-state index in [0.29, 0.717) is 17.4 Å². The topological polar surface area (TPSA) is 27.7 Å². The van der Waals surface area contributed by atoms with Gasteiger partial charge < -0.3 is 14.2 Å². The second-order valence-corrected chi connectivity index (χ2v) is 7.06. The molecule has 1 fully saturated rings. The fraction of sp³-hybridized carbons (Fsp3) is 0.364. The summed E-state index contributed by atoms with van der Waals surface area (Å²) in [5, 5.41) is 0. The van der Waals surface area contributed by atoms with Crippen molar-refractivity contribution in [3.63, 3.8) is 0 Å². The lowest BCUT2D eigenvalue weighted by Gasteiger charge is -2.22. The van der Waals surface area contributed by atoms with Gasteiger partial charge in [-0.2, -0.15) is 0 Å². The molecule has 6 heteroatoms. The van der Waals surface area contributed by atoms with Crippen molar-refractivity contribution in [1.82, 2.24) is 0 Å². The van der Waals surface area contributed by atoms with E-state index in [2.05, 4.69) is 28.7 Å². The highest BCUT2D eigenvalue weighted by Crippen LogP contribution is 2.57. The van der Waals surface area contributed by atoms with Gasteiger partial charge in [0.1, 0.15) is 5.75 Å². The lowest BCUT2D eigenvalue weighted by Crippen LogP contribution is -2.16. The Labute approximate surface area is 161 Å². The molecule has 2 aliphatic carbocycles. The van der Waals surface area contributed by atoms with Crippen molar-refractivity contribution >= 4 is 0 Å². The van der Waals surface area contributed by atoms with E-state index in [4.69, 9.17) is 9.47 Å². The third kappa shape index (κ3) is 3.49. The minimum atomic E-state index is -4.69. The molecule has 0 spiro atoms. The van der Waals surface area contributed by atoms with Crippen LogP contribution in [-0.4, -0.2) is 20.6 Å². The van der Waals surface area contributed by atoms with E-state index in [1.54, 1.807) is 26.4 Å². The third-order valence-corrected chi connectivity index (χ3v) is 5.48. The van der Waals surface area contributed by atoms with Crippen molar-refractivity contribution < 1.29 is 27.4 Å². The fourth-order valence-electron chi connectivity index (χ4n) is 4.30. The molecule has 2 aromatic rings. The van der Waals surface area contributed by atoms with Crippen molar-refractivity contribution in [3.05, 3.63) is 53.1 Å². The molecule has 1 saturated carbocycles.